The third-order valence-electron chi connectivity index (χ3n) is 2.11. The Morgan fingerprint density at radius 2 is 0.947 bits per heavy atom. The SMILES string of the molecule is FB(F)F.O=S(=O)(c1ccccc1)c1ccccc1. The van der Waals surface area contributed by atoms with Crippen molar-refractivity contribution in [1.29, 1.82) is 0 Å². The largest absolute Gasteiger partial charge is 0.762 e. The van der Waals surface area contributed by atoms with E-state index >= 15 is 0 Å². The Bertz CT molecular complexity index is 541. The van der Waals surface area contributed by atoms with Crippen LogP contribution in [0.15, 0.2) is 70.5 Å². The first-order valence-electron chi connectivity index (χ1n) is 5.22. The van der Waals surface area contributed by atoms with E-state index in [-0.39, 0.29) is 0 Å². The van der Waals surface area contributed by atoms with Gasteiger partial charge >= 0.3 is 7.54 Å². The quantitative estimate of drug-likeness (QED) is 0.793. The summed E-state index contributed by atoms with van der Waals surface area (Å²) in [6.45, 7) is 0. The van der Waals surface area contributed by atoms with Gasteiger partial charge in [0.05, 0.1) is 9.79 Å². The fourth-order valence-electron chi connectivity index (χ4n) is 1.34. The fourth-order valence-corrected chi connectivity index (χ4v) is 2.64. The second-order valence-electron chi connectivity index (χ2n) is 3.38. The fraction of sp³-hybridized carbons (Fsp3) is 0. The molecule has 0 radical (unpaired) electrons. The second-order valence-corrected chi connectivity index (χ2v) is 5.33. The van der Waals surface area contributed by atoms with Crippen LogP contribution in [0, 0.1) is 0 Å². The van der Waals surface area contributed by atoms with Crippen molar-refractivity contribution < 1.29 is 21.4 Å². The highest BCUT2D eigenvalue weighted by Gasteiger charge is 2.15. The van der Waals surface area contributed by atoms with Gasteiger partial charge in [0.15, 0.2) is 0 Å². The summed E-state index contributed by atoms with van der Waals surface area (Å²) in [6, 6.07) is 16.9. The molecule has 2 nitrogen and oxygen atoms in total. The Balaban J connectivity index is 0.000000399. The van der Waals surface area contributed by atoms with Gasteiger partial charge in [0, 0.05) is 0 Å². The van der Waals surface area contributed by atoms with Crippen LogP contribution in [0.4, 0.5) is 12.9 Å². The zero-order chi connectivity index (χ0) is 14.3. The Morgan fingerprint density at radius 3 is 1.21 bits per heavy atom. The average Bonchev–Trinajstić information content (AvgIpc) is 2.40. The molecule has 0 aliphatic rings. The van der Waals surface area contributed by atoms with E-state index in [0.717, 1.165) is 0 Å². The van der Waals surface area contributed by atoms with E-state index in [1.807, 2.05) is 0 Å². The molecule has 0 bridgehead atoms. The predicted molar refractivity (Wildman–Crippen MR) is 67.4 cm³/mol. The summed E-state index contributed by atoms with van der Waals surface area (Å²) < 4.78 is 53.1. The van der Waals surface area contributed by atoms with Crippen LogP contribution in [0.3, 0.4) is 0 Å². The molecule has 0 N–H and O–H groups in total. The van der Waals surface area contributed by atoms with Crippen molar-refractivity contribution >= 4 is 17.4 Å². The molecule has 0 spiro atoms. The number of hydrogen-bond acceptors (Lipinski definition) is 2. The molecule has 0 aromatic heterocycles. The van der Waals surface area contributed by atoms with Gasteiger partial charge in [-0.25, -0.2) is 8.42 Å². The van der Waals surface area contributed by atoms with Gasteiger partial charge in [-0.05, 0) is 24.3 Å². The molecule has 0 unspecified atom stereocenters. The minimum Gasteiger partial charge on any atom is -0.254 e. The highest BCUT2D eigenvalue weighted by Crippen LogP contribution is 2.19. The number of rotatable bonds is 2. The van der Waals surface area contributed by atoms with Crippen molar-refractivity contribution in [2.45, 2.75) is 9.79 Å². The van der Waals surface area contributed by atoms with Gasteiger partial charge in [-0.1, -0.05) is 36.4 Å². The van der Waals surface area contributed by atoms with Crippen LogP contribution in [-0.2, 0) is 9.84 Å². The molecule has 0 aliphatic carbocycles. The highest BCUT2D eigenvalue weighted by atomic mass is 32.2. The van der Waals surface area contributed by atoms with E-state index in [2.05, 4.69) is 0 Å². The lowest BCUT2D eigenvalue weighted by Crippen LogP contribution is -2.00. The molecular weight excluding hydrogens is 276 g/mol. The predicted octanol–water partition coefficient (Wildman–Crippen LogP) is 3.40. The van der Waals surface area contributed by atoms with Gasteiger partial charge in [-0.15, -0.1) is 0 Å². The third-order valence-corrected chi connectivity index (χ3v) is 3.89. The van der Waals surface area contributed by atoms with Gasteiger partial charge in [0.1, 0.15) is 0 Å². The molecule has 0 saturated heterocycles. The Hall–Kier alpha value is -1.76. The van der Waals surface area contributed by atoms with Gasteiger partial charge in [0.2, 0.25) is 9.84 Å². The van der Waals surface area contributed by atoms with Crippen molar-refractivity contribution in [1.82, 2.24) is 0 Å². The van der Waals surface area contributed by atoms with Crippen molar-refractivity contribution in [2.75, 3.05) is 0 Å². The molecule has 0 atom stereocenters. The normalized spacial score (nSPS) is 10.3. The van der Waals surface area contributed by atoms with Crippen LogP contribution in [0.5, 0.6) is 0 Å². The first-order valence-corrected chi connectivity index (χ1v) is 6.70. The van der Waals surface area contributed by atoms with Crippen molar-refractivity contribution in [3.8, 4) is 0 Å². The first-order chi connectivity index (χ1) is 8.94. The van der Waals surface area contributed by atoms with Gasteiger partial charge in [-0.3, -0.25) is 12.9 Å². The second kappa shape index (κ2) is 6.99. The number of benzene rings is 2. The third kappa shape index (κ3) is 4.79. The number of sulfone groups is 1. The minimum absolute atomic E-state index is 0.330. The summed E-state index contributed by atoms with van der Waals surface area (Å²) in [5.74, 6) is 0. The Morgan fingerprint density at radius 1 is 0.684 bits per heavy atom. The standard InChI is InChI=1S/C12H10O2S.BF3/c13-15(14,11-7-3-1-4-8-11)12-9-5-2-6-10-12;2-1(3)4/h1-10H;. The molecule has 0 saturated carbocycles. The maximum atomic E-state index is 12.0. The molecular formula is C12H10BF3O2S. The molecule has 100 valence electrons. The van der Waals surface area contributed by atoms with E-state index in [4.69, 9.17) is 0 Å². The number of hydrogen-bond donors (Lipinski definition) is 0. The summed E-state index contributed by atoms with van der Waals surface area (Å²) in [7, 11) is -7.01. The number of halogens is 3. The molecule has 2 rings (SSSR count). The maximum absolute atomic E-state index is 12.0. The van der Waals surface area contributed by atoms with Crippen LogP contribution in [0.2, 0.25) is 0 Å². The average molecular weight is 286 g/mol. The molecule has 2 aromatic rings. The van der Waals surface area contributed by atoms with Crippen LogP contribution in [0.25, 0.3) is 0 Å². The topological polar surface area (TPSA) is 34.1 Å². The van der Waals surface area contributed by atoms with Crippen molar-refractivity contribution in [3.63, 3.8) is 0 Å². The lowest BCUT2D eigenvalue weighted by Gasteiger charge is -2.03. The molecule has 0 aliphatic heterocycles. The van der Waals surface area contributed by atoms with Gasteiger partial charge < -0.3 is 0 Å². The summed E-state index contributed by atoms with van der Waals surface area (Å²) in [4.78, 5) is 0.660. The monoisotopic (exact) mass is 286 g/mol. The zero-order valence-corrected chi connectivity index (χ0v) is 10.5. The summed E-state index contributed by atoms with van der Waals surface area (Å²) >= 11 is 0. The van der Waals surface area contributed by atoms with Crippen LogP contribution >= 0.6 is 0 Å². The van der Waals surface area contributed by atoms with Gasteiger partial charge in [0.25, 0.3) is 0 Å². The van der Waals surface area contributed by atoms with Crippen molar-refractivity contribution in [3.05, 3.63) is 60.7 Å². The van der Waals surface area contributed by atoms with Crippen LogP contribution in [0.1, 0.15) is 0 Å². The van der Waals surface area contributed by atoms with Crippen molar-refractivity contribution in [2.24, 2.45) is 0 Å². The highest BCUT2D eigenvalue weighted by molar-refractivity contribution is 7.91. The Labute approximate surface area is 110 Å². The van der Waals surface area contributed by atoms with Crippen LogP contribution < -0.4 is 0 Å². The lowest BCUT2D eigenvalue weighted by molar-refractivity contribution is 0.535. The molecule has 7 heteroatoms. The maximum Gasteiger partial charge on any atom is 0.762 e. The first kappa shape index (κ1) is 15.3. The Kier molecular flexibility index (Phi) is 5.63. The van der Waals surface area contributed by atoms with E-state index in [9.17, 15) is 21.4 Å². The summed E-state index contributed by atoms with van der Waals surface area (Å²) in [5.41, 5.74) is 0. The van der Waals surface area contributed by atoms with E-state index in [1.165, 1.54) is 0 Å². The molecule has 2 aromatic carbocycles. The van der Waals surface area contributed by atoms with E-state index in [0.29, 0.717) is 9.79 Å². The smallest absolute Gasteiger partial charge is 0.254 e. The molecule has 0 heterocycles. The minimum atomic E-state index is -3.67. The van der Waals surface area contributed by atoms with E-state index in [1.54, 1.807) is 60.7 Å². The molecule has 0 amide bonds. The van der Waals surface area contributed by atoms with Gasteiger partial charge in [-0.2, -0.15) is 0 Å². The summed E-state index contributed by atoms with van der Waals surface area (Å²) in [6.07, 6.45) is 0. The molecule has 19 heavy (non-hydrogen) atoms. The zero-order valence-electron chi connectivity index (χ0n) is 9.71. The molecule has 0 fully saturated rings. The summed E-state index contributed by atoms with van der Waals surface area (Å²) in [5, 5.41) is 0. The van der Waals surface area contributed by atoms with Crippen LogP contribution in [-0.4, -0.2) is 16.0 Å². The van der Waals surface area contributed by atoms with E-state index < -0.39 is 17.4 Å². The lowest BCUT2D eigenvalue weighted by atomic mass is 10.4.